The summed E-state index contributed by atoms with van der Waals surface area (Å²) in [6, 6.07) is 13.9. The fraction of sp³-hybridized carbons (Fsp3) is 0.115. The van der Waals surface area contributed by atoms with E-state index in [1.54, 1.807) is 24.3 Å². The van der Waals surface area contributed by atoms with Crippen molar-refractivity contribution in [1.29, 1.82) is 0 Å². The molecule has 2 fully saturated rings. The van der Waals surface area contributed by atoms with Gasteiger partial charge in [-0.1, -0.05) is 54.1 Å². The Kier molecular flexibility index (Phi) is 7.86. The van der Waals surface area contributed by atoms with Gasteiger partial charge in [-0.3, -0.25) is 0 Å². The van der Waals surface area contributed by atoms with Crippen molar-refractivity contribution in [2.75, 3.05) is 0 Å². The molecular formula is C26H21FeO2. The minimum atomic E-state index is -0.00255. The number of rotatable bonds is 6. The first-order chi connectivity index (χ1) is 13.7. The average Bonchev–Trinajstić information content (AvgIpc) is 3.39. The summed E-state index contributed by atoms with van der Waals surface area (Å²) in [5.74, 6) is 1.62. The van der Waals surface area contributed by atoms with Gasteiger partial charge >= 0.3 is 17.1 Å². The molecule has 0 bridgehead atoms. The molecule has 0 unspecified atom stereocenters. The van der Waals surface area contributed by atoms with Gasteiger partial charge in [-0.2, -0.15) is 0 Å². The van der Waals surface area contributed by atoms with Crippen LogP contribution in [0.25, 0.3) is 5.57 Å². The minimum Gasteiger partial charge on any atom is -0.872 e. The summed E-state index contributed by atoms with van der Waals surface area (Å²) < 4.78 is 0. The Labute approximate surface area is 185 Å². The summed E-state index contributed by atoms with van der Waals surface area (Å²) in [5.41, 5.74) is 4.41. The van der Waals surface area contributed by atoms with Gasteiger partial charge in [0.1, 0.15) is 0 Å². The molecule has 0 N–H and O–H groups in total. The molecule has 0 aliphatic heterocycles. The summed E-state index contributed by atoms with van der Waals surface area (Å²) in [5, 5.41) is 23.3. The predicted octanol–water partition coefficient (Wildman–Crippen LogP) is 4.27. The number of benzene rings is 2. The summed E-state index contributed by atoms with van der Waals surface area (Å²) in [6.07, 6.45) is 18.7. The SMILES string of the molecule is [Fe+2].[O-]c1ccc(C(=C(C[C]2[CH][CH][CH][CH]2)CC2[CH][CH][CH][CH]2)c2ccc([O-])cc2)cc1. The van der Waals surface area contributed by atoms with Crippen LogP contribution in [0, 0.1) is 63.2 Å². The van der Waals surface area contributed by atoms with Gasteiger partial charge in [-0.05, 0) is 92.7 Å². The quantitative estimate of drug-likeness (QED) is 0.655. The Bertz CT molecular complexity index is 728. The largest absolute Gasteiger partial charge is 2.00 e. The van der Waals surface area contributed by atoms with E-state index in [0.717, 1.165) is 29.5 Å². The molecule has 0 saturated heterocycles. The van der Waals surface area contributed by atoms with Crippen molar-refractivity contribution in [3.8, 4) is 11.5 Å². The van der Waals surface area contributed by atoms with Gasteiger partial charge in [0.05, 0.1) is 0 Å². The molecule has 29 heavy (non-hydrogen) atoms. The van der Waals surface area contributed by atoms with Gasteiger partial charge in [0.25, 0.3) is 0 Å². The number of hydrogen-bond donors (Lipinski definition) is 0. The number of hydrogen-bond acceptors (Lipinski definition) is 2. The van der Waals surface area contributed by atoms with E-state index in [4.69, 9.17) is 0 Å². The van der Waals surface area contributed by atoms with E-state index in [9.17, 15) is 10.2 Å². The Morgan fingerprint density at radius 1 is 0.690 bits per heavy atom. The molecule has 2 aromatic carbocycles. The molecule has 4 rings (SSSR count). The van der Waals surface area contributed by atoms with Crippen molar-refractivity contribution in [1.82, 2.24) is 0 Å². The third kappa shape index (κ3) is 5.68. The first-order valence-electron chi connectivity index (χ1n) is 9.51. The van der Waals surface area contributed by atoms with Crippen molar-refractivity contribution >= 4 is 5.57 Å². The molecule has 2 aliphatic rings. The Morgan fingerprint density at radius 2 is 1.17 bits per heavy atom. The van der Waals surface area contributed by atoms with Crippen molar-refractivity contribution in [3.63, 3.8) is 0 Å². The molecule has 9 radical (unpaired) electrons. The fourth-order valence-electron chi connectivity index (χ4n) is 3.76. The monoisotopic (exact) mass is 421 g/mol. The fourth-order valence-corrected chi connectivity index (χ4v) is 3.76. The maximum atomic E-state index is 11.7. The van der Waals surface area contributed by atoms with Crippen LogP contribution >= 0.6 is 0 Å². The maximum absolute atomic E-state index is 11.7. The summed E-state index contributed by atoms with van der Waals surface area (Å²) >= 11 is 0. The zero-order valence-corrected chi connectivity index (χ0v) is 17.0. The normalized spacial score (nSPS) is 17.2. The molecule has 0 amide bonds. The standard InChI is InChI=1S/C26H23O2.Fe/c27-24-13-9-21(10-14-24)26(22-11-15-25(28)16-12-22)23(17-19-5-1-2-6-19)18-20-7-3-4-8-20;/h1-16,19,27-28H,17-18H2;/q;+2/p-2. The van der Waals surface area contributed by atoms with Crippen LogP contribution in [0.4, 0.5) is 0 Å². The van der Waals surface area contributed by atoms with Gasteiger partial charge in [-0.15, -0.1) is 11.5 Å². The van der Waals surface area contributed by atoms with Crippen LogP contribution in [0.15, 0.2) is 54.1 Å². The Hall–Kier alpha value is -1.70. The molecule has 2 nitrogen and oxygen atoms in total. The Balaban J connectivity index is 0.00000240. The van der Waals surface area contributed by atoms with Crippen molar-refractivity contribution < 1.29 is 27.3 Å². The predicted molar refractivity (Wildman–Crippen MR) is 108 cm³/mol. The third-order valence-electron chi connectivity index (χ3n) is 5.10. The topological polar surface area (TPSA) is 46.1 Å². The first kappa shape index (κ1) is 22.0. The molecule has 0 aromatic heterocycles. The van der Waals surface area contributed by atoms with Crippen LogP contribution in [0.3, 0.4) is 0 Å². The molecule has 2 aliphatic carbocycles. The summed E-state index contributed by atoms with van der Waals surface area (Å²) in [6.45, 7) is 0. The van der Waals surface area contributed by atoms with Gasteiger partial charge in [0.15, 0.2) is 0 Å². The molecule has 145 valence electrons. The second-order valence-electron chi connectivity index (χ2n) is 7.14. The van der Waals surface area contributed by atoms with Gasteiger partial charge < -0.3 is 10.2 Å². The van der Waals surface area contributed by atoms with Crippen LogP contribution in [-0.4, -0.2) is 0 Å². The molecule has 0 spiro atoms. The van der Waals surface area contributed by atoms with Gasteiger partial charge in [0.2, 0.25) is 0 Å². The molecule has 2 aromatic rings. The van der Waals surface area contributed by atoms with E-state index in [-0.39, 0.29) is 28.6 Å². The molecular weight excluding hydrogens is 400 g/mol. The average molecular weight is 421 g/mol. The van der Waals surface area contributed by atoms with Crippen LogP contribution < -0.4 is 10.2 Å². The van der Waals surface area contributed by atoms with E-state index >= 15 is 0 Å². The zero-order chi connectivity index (χ0) is 19.3. The summed E-state index contributed by atoms with van der Waals surface area (Å²) in [7, 11) is 0. The zero-order valence-electron chi connectivity index (χ0n) is 15.9. The van der Waals surface area contributed by atoms with Gasteiger partial charge in [0, 0.05) is 0 Å². The minimum absolute atomic E-state index is 0. The summed E-state index contributed by atoms with van der Waals surface area (Å²) in [4.78, 5) is 0. The maximum Gasteiger partial charge on any atom is 2.00 e. The Morgan fingerprint density at radius 3 is 1.66 bits per heavy atom. The first-order valence-corrected chi connectivity index (χ1v) is 9.51. The van der Waals surface area contributed by atoms with E-state index < -0.39 is 0 Å². The molecule has 0 heterocycles. The number of allylic oxidation sites excluding steroid dienone is 1. The van der Waals surface area contributed by atoms with Crippen LogP contribution in [0.2, 0.25) is 0 Å². The van der Waals surface area contributed by atoms with E-state index in [0.29, 0.717) is 5.92 Å². The van der Waals surface area contributed by atoms with Crippen LogP contribution in [-0.2, 0) is 17.1 Å². The van der Waals surface area contributed by atoms with E-state index in [1.165, 1.54) is 11.5 Å². The smallest absolute Gasteiger partial charge is 0.872 e. The molecule has 3 heteroatoms. The second-order valence-corrected chi connectivity index (χ2v) is 7.14. The van der Waals surface area contributed by atoms with Crippen molar-refractivity contribution in [3.05, 3.63) is 123 Å². The van der Waals surface area contributed by atoms with Crippen molar-refractivity contribution in [2.45, 2.75) is 12.8 Å². The van der Waals surface area contributed by atoms with Gasteiger partial charge in [-0.25, -0.2) is 0 Å². The van der Waals surface area contributed by atoms with E-state index in [1.807, 2.05) is 24.3 Å². The second kappa shape index (κ2) is 10.4. The third-order valence-corrected chi connectivity index (χ3v) is 5.10. The van der Waals surface area contributed by atoms with E-state index in [2.05, 4.69) is 51.4 Å². The van der Waals surface area contributed by atoms with Crippen molar-refractivity contribution in [2.24, 2.45) is 5.92 Å². The molecule has 2 saturated carbocycles. The molecule has 0 atom stereocenters. The van der Waals surface area contributed by atoms with Crippen LogP contribution in [0.5, 0.6) is 11.5 Å². The van der Waals surface area contributed by atoms with Crippen LogP contribution in [0.1, 0.15) is 24.0 Å².